The number of imide groups is 1. The number of hydrogen-bond donors (Lipinski definition) is 2. The van der Waals surface area contributed by atoms with E-state index in [2.05, 4.69) is 10.6 Å². The summed E-state index contributed by atoms with van der Waals surface area (Å²) >= 11 is 23.8. The Labute approximate surface area is 169 Å². The Bertz CT molecular complexity index is 846. The summed E-state index contributed by atoms with van der Waals surface area (Å²) < 4.78 is 10.3. The van der Waals surface area contributed by atoms with Crippen molar-refractivity contribution in [2.24, 2.45) is 0 Å². The van der Waals surface area contributed by atoms with Crippen molar-refractivity contribution in [1.82, 2.24) is 5.32 Å². The van der Waals surface area contributed by atoms with Gasteiger partial charge in [0.2, 0.25) is 0 Å². The number of anilines is 1. The highest BCUT2D eigenvalue weighted by atomic mass is 35.5. The summed E-state index contributed by atoms with van der Waals surface area (Å²) in [6.07, 6.45) is 0. The lowest BCUT2D eigenvalue weighted by Crippen LogP contribution is -2.34. The maximum absolute atomic E-state index is 12.5. The van der Waals surface area contributed by atoms with Gasteiger partial charge in [0, 0.05) is 5.69 Å². The number of rotatable bonds is 4. The summed E-state index contributed by atoms with van der Waals surface area (Å²) in [5.41, 5.74) is 0.226. The van der Waals surface area contributed by atoms with Crippen LogP contribution in [0.4, 0.5) is 10.5 Å². The van der Waals surface area contributed by atoms with E-state index in [9.17, 15) is 9.59 Å². The zero-order valence-corrected chi connectivity index (χ0v) is 16.5. The van der Waals surface area contributed by atoms with Gasteiger partial charge in [-0.1, -0.05) is 46.4 Å². The van der Waals surface area contributed by atoms with Crippen LogP contribution in [0.2, 0.25) is 20.1 Å². The van der Waals surface area contributed by atoms with Crippen molar-refractivity contribution < 1.29 is 19.1 Å². The lowest BCUT2D eigenvalue weighted by molar-refractivity contribution is 0.0961. The van der Waals surface area contributed by atoms with Gasteiger partial charge in [0.1, 0.15) is 5.56 Å². The van der Waals surface area contributed by atoms with Gasteiger partial charge < -0.3 is 14.8 Å². The van der Waals surface area contributed by atoms with E-state index >= 15 is 0 Å². The number of urea groups is 1. The van der Waals surface area contributed by atoms with Crippen LogP contribution in [0.15, 0.2) is 24.3 Å². The second kappa shape index (κ2) is 8.68. The molecule has 0 radical (unpaired) electrons. The maximum Gasteiger partial charge on any atom is 0.326 e. The first kappa shape index (κ1) is 20.5. The van der Waals surface area contributed by atoms with Gasteiger partial charge in [-0.15, -0.1) is 0 Å². The van der Waals surface area contributed by atoms with E-state index in [-0.39, 0.29) is 32.1 Å². The monoisotopic (exact) mass is 436 g/mol. The molecule has 0 bridgehead atoms. The normalized spacial score (nSPS) is 10.2. The molecule has 2 aromatic rings. The Balaban J connectivity index is 2.26. The molecular weight excluding hydrogens is 426 g/mol. The van der Waals surface area contributed by atoms with Gasteiger partial charge >= 0.3 is 6.03 Å². The highest BCUT2D eigenvalue weighted by Crippen LogP contribution is 2.40. The highest BCUT2D eigenvalue weighted by Gasteiger charge is 2.25. The zero-order valence-electron chi connectivity index (χ0n) is 13.5. The van der Waals surface area contributed by atoms with E-state index in [1.165, 1.54) is 38.5 Å². The molecule has 0 saturated carbocycles. The molecule has 0 atom stereocenters. The predicted molar refractivity (Wildman–Crippen MR) is 103 cm³/mol. The number of nitrogens with one attached hydrogen (secondary N) is 2. The van der Waals surface area contributed by atoms with Crippen molar-refractivity contribution in [3.05, 3.63) is 49.9 Å². The minimum atomic E-state index is -0.819. The number of benzene rings is 2. The fourth-order valence-electron chi connectivity index (χ4n) is 2.09. The minimum Gasteiger partial charge on any atom is -0.494 e. The molecule has 6 nitrogen and oxygen atoms in total. The molecule has 0 fully saturated rings. The zero-order chi connectivity index (χ0) is 19.4. The van der Waals surface area contributed by atoms with E-state index in [4.69, 9.17) is 55.9 Å². The standard InChI is InChI=1S/C16H12Cl4N2O4/c1-25-13-10(19)6-11(20)14(26-2)12(13)15(23)22-16(24)21-7-3-4-8(17)9(18)5-7/h3-6H,1-2H3,(H2,21,22,23,24). The Morgan fingerprint density at radius 3 is 1.92 bits per heavy atom. The molecular formula is C16H12Cl4N2O4. The van der Waals surface area contributed by atoms with E-state index in [1.807, 2.05) is 0 Å². The molecule has 0 spiro atoms. The first-order chi connectivity index (χ1) is 12.3. The number of halogens is 4. The molecule has 0 aliphatic rings. The summed E-state index contributed by atoms with van der Waals surface area (Å²) in [7, 11) is 2.64. The second-order valence-corrected chi connectivity index (χ2v) is 6.45. The lowest BCUT2D eigenvalue weighted by atomic mass is 10.1. The van der Waals surface area contributed by atoms with Crippen LogP contribution in [0.3, 0.4) is 0 Å². The highest BCUT2D eigenvalue weighted by molar-refractivity contribution is 6.42. The smallest absolute Gasteiger partial charge is 0.326 e. The molecule has 0 heterocycles. The quantitative estimate of drug-likeness (QED) is 0.682. The lowest BCUT2D eigenvalue weighted by Gasteiger charge is -2.15. The van der Waals surface area contributed by atoms with Crippen LogP contribution < -0.4 is 20.1 Å². The Morgan fingerprint density at radius 2 is 1.42 bits per heavy atom. The Morgan fingerprint density at radius 1 is 0.846 bits per heavy atom. The largest absolute Gasteiger partial charge is 0.494 e. The van der Waals surface area contributed by atoms with Gasteiger partial charge in [-0.05, 0) is 24.3 Å². The Kier molecular flexibility index (Phi) is 6.83. The molecule has 2 N–H and O–H groups in total. The molecule has 2 aromatic carbocycles. The molecule has 0 unspecified atom stereocenters. The summed E-state index contributed by atoms with van der Waals surface area (Å²) in [6, 6.07) is 5.02. The third-order valence-electron chi connectivity index (χ3n) is 3.18. The summed E-state index contributed by atoms with van der Waals surface area (Å²) in [4.78, 5) is 24.6. The van der Waals surface area contributed by atoms with Gasteiger partial charge in [-0.2, -0.15) is 0 Å². The van der Waals surface area contributed by atoms with Gasteiger partial charge in [0.25, 0.3) is 5.91 Å². The third kappa shape index (κ3) is 4.45. The molecule has 0 aromatic heterocycles. The van der Waals surface area contributed by atoms with Crippen LogP contribution in [0, 0.1) is 0 Å². The number of amides is 3. The van der Waals surface area contributed by atoms with Crippen LogP contribution in [0.5, 0.6) is 11.5 Å². The molecule has 26 heavy (non-hydrogen) atoms. The molecule has 0 aliphatic carbocycles. The summed E-state index contributed by atoms with van der Waals surface area (Å²) in [6.45, 7) is 0. The van der Waals surface area contributed by atoms with Gasteiger partial charge in [0.15, 0.2) is 11.5 Å². The number of carbonyl (C=O) groups excluding carboxylic acids is 2. The van der Waals surface area contributed by atoms with Crippen LogP contribution in [0.25, 0.3) is 0 Å². The van der Waals surface area contributed by atoms with Gasteiger partial charge in [-0.25, -0.2) is 4.79 Å². The van der Waals surface area contributed by atoms with Gasteiger partial charge in [0.05, 0.1) is 34.3 Å². The Hall–Kier alpha value is -1.86. The molecule has 138 valence electrons. The van der Waals surface area contributed by atoms with Crippen molar-refractivity contribution in [2.45, 2.75) is 0 Å². The molecule has 2 rings (SSSR count). The van der Waals surface area contributed by atoms with E-state index in [0.29, 0.717) is 10.7 Å². The fourth-order valence-corrected chi connectivity index (χ4v) is 3.01. The summed E-state index contributed by atoms with van der Waals surface area (Å²) in [5, 5.41) is 5.36. The van der Waals surface area contributed by atoms with Crippen LogP contribution in [-0.4, -0.2) is 26.2 Å². The summed E-state index contributed by atoms with van der Waals surface area (Å²) in [5.74, 6) is -0.777. The van der Waals surface area contributed by atoms with E-state index in [0.717, 1.165) is 0 Å². The molecule has 0 aliphatic heterocycles. The second-order valence-electron chi connectivity index (χ2n) is 4.82. The van der Waals surface area contributed by atoms with Crippen LogP contribution in [0.1, 0.15) is 10.4 Å². The van der Waals surface area contributed by atoms with Crippen LogP contribution >= 0.6 is 46.4 Å². The molecule has 3 amide bonds. The number of carbonyl (C=O) groups is 2. The van der Waals surface area contributed by atoms with Crippen molar-refractivity contribution in [1.29, 1.82) is 0 Å². The maximum atomic E-state index is 12.5. The first-order valence-electron chi connectivity index (χ1n) is 6.95. The average molecular weight is 438 g/mol. The SMILES string of the molecule is COc1c(Cl)cc(Cl)c(OC)c1C(=O)NC(=O)Nc1ccc(Cl)c(Cl)c1. The van der Waals surface area contributed by atoms with Gasteiger partial charge in [-0.3, -0.25) is 10.1 Å². The third-order valence-corrected chi connectivity index (χ3v) is 4.48. The fraction of sp³-hybridized carbons (Fsp3) is 0.125. The molecule has 10 heteroatoms. The average Bonchev–Trinajstić information content (AvgIpc) is 2.57. The number of methoxy groups -OCH3 is 2. The van der Waals surface area contributed by atoms with Crippen LogP contribution in [-0.2, 0) is 0 Å². The van der Waals surface area contributed by atoms with E-state index < -0.39 is 11.9 Å². The van der Waals surface area contributed by atoms with Crippen molar-refractivity contribution in [3.63, 3.8) is 0 Å². The minimum absolute atomic E-state index is 0.0211. The van der Waals surface area contributed by atoms with Crippen molar-refractivity contribution in [2.75, 3.05) is 19.5 Å². The predicted octanol–water partition coefficient (Wildman–Crippen LogP) is 5.28. The first-order valence-corrected chi connectivity index (χ1v) is 8.47. The molecule has 0 saturated heterocycles. The van der Waals surface area contributed by atoms with E-state index in [1.54, 1.807) is 0 Å². The van der Waals surface area contributed by atoms with Crippen molar-refractivity contribution >= 4 is 64.0 Å². The van der Waals surface area contributed by atoms with Crippen molar-refractivity contribution in [3.8, 4) is 11.5 Å². The topological polar surface area (TPSA) is 76.7 Å². The number of hydrogen-bond acceptors (Lipinski definition) is 4. The number of ether oxygens (including phenoxy) is 2.